The molecule has 0 spiro atoms. The average molecular weight is 501 g/mol. The van der Waals surface area contributed by atoms with Crippen LogP contribution in [0, 0.1) is 5.92 Å². The summed E-state index contributed by atoms with van der Waals surface area (Å²) in [4.78, 5) is 8.01. The van der Waals surface area contributed by atoms with Crippen LogP contribution in [0.3, 0.4) is 0 Å². The first-order valence-corrected chi connectivity index (χ1v) is 12.2. The van der Waals surface area contributed by atoms with E-state index in [1.807, 2.05) is 26.0 Å². The van der Waals surface area contributed by atoms with Crippen molar-refractivity contribution < 1.29 is 22.6 Å². The summed E-state index contributed by atoms with van der Waals surface area (Å²) in [6, 6.07) is 14.0. The minimum atomic E-state index is -4.62. The molecule has 0 bridgehead atoms. The van der Waals surface area contributed by atoms with Crippen molar-refractivity contribution in [2.45, 2.75) is 58.2 Å². The van der Waals surface area contributed by atoms with Crippen LogP contribution < -0.4 is 20.1 Å². The van der Waals surface area contributed by atoms with Gasteiger partial charge in [-0.25, -0.2) is 4.98 Å². The summed E-state index contributed by atoms with van der Waals surface area (Å²) in [7, 11) is 0. The van der Waals surface area contributed by atoms with E-state index in [0.717, 1.165) is 24.8 Å². The summed E-state index contributed by atoms with van der Waals surface area (Å²) in [6.07, 6.45) is 2.12. The third kappa shape index (κ3) is 7.26. The zero-order chi connectivity index (χ0) is 25.5. The van der Waals surface area contributed by atoms with Gasteiger partial charge in [-0.2, -0.15) is 18.2 Å². The summed E-state index contributed by atoms with van der Waals surface area (Å²) in [5.41, 5.74) is 0.106. The summed E-state index contributed by atoms with van der Waals surface area (Å²) in [5.74, 6) is 1.34. The van der Waals surface area contributed by atoms with E-state index in [0.29, 0.717) is 29.6 Å². The van der Waals surface area contributed by atoms with Crippen LogP contribution in [0.4, 0.5) is 36.3 Å². The van der Waals surface area contributed by atoms with Gasteiger partial charge >= 0.3 is 6.18 Å². The fraction of sp³-hybridized carbons (Fsp3) is 0.407. The van der Waals surface area contributed by atoms with Crippen LogP contribution in [0.2, 0.25) is 0 Å². The van der Waals surface area contributed by atoms with Gasteiger partial charge in [-0.1, -0.05) is 26.3 Å². The highest BCUT2D eigenvalue weighted by molar-refractivity contribution is 5.64. The number of hydrogen-bond acceptors (Lipinski definition) is 6. The zero-order valence-corrected chi connectivity index (χ0v) is 20.4. The molecule has 0 atom stereocenters. The van der Waals surface area contributed by atoms with Gasteiger partial charge in [0.15, 0.2) is 0 Å². The molecule has 0 aliphatic heterocycles. The predicted molar refractivity (Wildman–Crippen MR) is 134 cm³/mol. The highest BCUT2D eigenvalue weighted by atomic mass is 19.4. The van der Waals surface area contributed by atoms with Crippen LogP contribution in [0.15, 0.2) is 54.7 Å². The summed E-state index contributed by atoms with van der Waals surface area (Å²) in [5, 5.41) is 5.75. The molecular formula is C27H31F3N4O2. The maximum atomic E-state index is 13.7. The number of ether oxygens (including phenoxy) is 2. The van der Waals surface area contributed by atoms with E-state index in [2.05, 4.69) is 20.6 Å². The third-order valence-electron chi connectivity index (χ3n) is 5.74. The van der Waals surface area contributed by atoms with Gasteiger partial charge in [0.1, 0.15) is 22.9 Å². The molecule has 1 aliphatic rings. The Kier molecular flexibility index (Phi) is 8.18. The van der Waals surface area contributed by atoms with Crippen molar-refractivity contribution in [3.05, 3.63) is 60.3 Å². The van der Waals surface area contributed by atoms with E-state index in [-0.39, 0.29) is 17.9 Å². The standard InChI is InChI=1S/C27H31F3N4O2/c1-18(2)17-35-23-10-6-7-20(15-23)32-25-24(27(28,29)30)16-31-26(34-25)33-19-11-13-22(14-12-19)36-21-8-4-3-5-9-21/h6-7,10-16,18,21H,3-5,8-9,17H2,1-2H3,(H2,31,32,33,34). The van der Waals surface area contributed by atoms with Gasteiger partial charge in [0.25, 0.3) is 0 Å². The third-order valence-corrected chi connectivity index (χ3v) is 5.74. The monoisotopic (exact) mass is 500 g/mol. The fourth-order valence-electron chi connectivity index (χ4n) is 3.93. The van der Waals surface area contributed by atoms with Crippen molar-refractivity contribution in [3.63, 3.8) is 0 Å². The van der Waals surface area contributed by atoms with Gasteiger partial charge in [0.2, 0.25) is 5.95 Å². The quantitative estimate of drug-likeness (QED) is 0.313. The Labute approximate surface area is 209 Å². The Morgan fingerprint density at radius 1 is 0.944 bits per heavy atom. The number of anilines is 4. The number of hydrogen-bond donors (Lipinski definition) is 2. The van der Waals surface area contributed by atoms with E-state index >= 15 is 0 Å². The molecule has 192 valence electrons. The van der Waals surface area contributed by atoms with Crippen molar-refractivity contribution in [1.29, 1.82) is 0 Å². The van der Waals surface area contributed by atoms with Crippen LogP contribution in [-0.4, -0.2) is 22.7 Å². The number of benzene rings is 2. The molecule has 1 fully saturated rings. The van der Waals surface area contributed by atoms with Crippen molar-refractivity contribution in [3.8, 4) is 11.5 Å². The van der Waals surface area contributed by atoms with Crippen molar-refractivity contribution >= 4 is 23.1 Å². The SMILES string of the molecule is CC(C)COc1cccc(Nc2nc(Nc3ccc(OC4CCCCC4)cc3)ncc2C(F)(F)F)c1. The lowest BCUT2D eigenvalue weighted by molar-refractivity contribution is -0.137. The molecule has 1 aliphatic carbocycles. The first-order valence-electron chi connectivity index (χ1n) is 12.2. The number of alkyl halides is 3. The highest BCUT2D eigenvalue weighted by Gasteiger charge is 2.35. The molecule has 36 heavy (non-hydrogen) atoms. The predicted octanol–water partition coefficient (Wildman–Crippen LogP) is 7.73. The first kappa shape index (κ1) is 25.6. The largest absolute Gasteiger partial charge is 0.493 e. The second-order valence-electron chi connectivity index (χ2n) is 9.34. The van der Waals surface area contributed by atoms with Gasteiger partial charge in [0, 0.05) is 23.6 Å². The van der Waals surface area contributed by atoms with E-state index in [4.69, 9.17) is 9.47 Å². The van der Waals surface area contributed by atoms with Gasteiger partial charge in [-0.05, 0) is 68.0 Å². The number of nitrogens with zero attached hydrogens (tertiary/aromatic N) is 2. The number of aromatic nitrogens is 2. The smallest absolute Gasteiger partial charge is 0.421 e. The van der Waals surface area contributed by atoms with Gasteiger partial charge in [-0.3, -0.25) is 0 Å². The Morgan fingerprint density at radius 3 is 2.39 bits per heavy atom. The molecule has 9 heteroatoms. The Bertz CT molecular complexity index is 1130. The molecule has 6 nitrogen and oxygen atoms in total. The normalized spacial score (nSPS) is 14.5. The molecule has 0 unspecified atom stereocenters. The van der Waals surface area contributed by atoms with Crippen LogP contribution in [-0.2, 0) is 6.18 Å². The van der Waals surface area contributed by atoms with E-state index < -0.39 is 11.7 Å². The van der Waals surface area contributed by atoms with Crippen LogP contribution in [0.1, 0.15) is 51.5 Å². The lowest BCUT2D eigenvalue weighted by Gasteiger charge is -2.23. The summed E-state index contributed by atoms with van der Waals surface area (Å²) in [6.45, 7) is 4.54. The second kappa shape index (κ2) is 11.5. The fourth-order valence-corrected chi connectivity index (χ4v) is 3.93. The minimum absolute atomic E-state index is 0.0404. The molecule has 2 N–H and O–H groups in total. The lowest BCUT2D eigenvalue weighted by Crippen LogP contribution is -2.19. The number of halogens is 3. The Morgan fingerprint density at radius 2 is 1.69 bits per heavy atom. The first-order chi connectivity index (χ1) is 17.3. The van der Waals surface area contributed by atoms with Crippen molar-refractivity contribution in [2.24, 2.45) is 5.92 Å². The molecule has 1 saturated carbocycles. The number of rotatable bonds is 9. The van der Waals surface area contributed by atoms with Gasteiger partial charge in [-0.15, -0.1) is 0 Å². The number of nitrogens with one attached hydrogen (secondary N) is 2. The van der Waals surface area contributed by atoms with Gasteiger partial charge in [0.05, 0.1) is 12.7 Å². The summed E-state index contributed by atoms with van der Waals surface area (Å²) < 4.78 is 52.7. The Balaban J connectivity index is 1.49. The van der Waals surface area contributed by atoms with Gasteiger partial charge < -0.3 is 20.1 Å². The Hall–Kier alpha value is -3.49. The van der Waals surface area contributed by atoms with E-state index in [1.54, 1.807) is 36.4 Å². The van der Waals surface area contributed by atoms with Crippen molar-refractivity contribution in [1.82, 2.24) is 9.97 Å². The molecule has 0 radical (unpaired) electrons. The maximum Gasteiger partial charge on any atom is 0.421 e. The molecule has 0 amide bonds. The zero-order valence-electron chi connectivity index (χ0n) is 20.4. The average Bonchev–Trinajstić information content (AvgIpc) is 2.84. The van der Waals surface area contributed by atoms with Crippen LogP contribution >= 0.6 is 0 Å². The molecule has 0 saturated heterocycles. The second-order valence-corrected chi connectivity index (χ2v) is 9.34. The minimum Gasteiger partial charge on any atom is -0.493 e. The summed E-state index contributed by atoms with van der Waals surface area (Å²) >= 11 is 0. The molecule has 3 aromatic rings. The molecular weight excluding hydrogens is 469 g/mol. The highest BCUT2D eigenvalue weighted by Crippen LogP contribution is 2.36. The van der Waals surface area contributed by atoms with E-state index in [1.165, 1.54) is 19.3 Å². The molecule has 1 aromatic heterocycles. The van der Waals surface area contributed by atoms with Crippen LogP contribution in [0.5, 0.6) is 11.5 Å². The van der Waals surface area contributed by atoms with E-state index in [9.17, 15) is 13.2 Å². The molecule has 2 aromatic carbocycles. The topological polar surface area (TPSA) is 68.3 Å². The maximum absolute atomic E-state index is 13.7. The van der Waals surface area contributed by atoms with Crippen LogP contribution in [0.25, 0.3) is 0 Å². The lowest BCUT2D eigenvalue weighted by atomic mass is 9.98. The molecule has 4 rings (SSSR count). The molecule has 1 heterocycles. The van der Waals surface area contributed by atoms with Crippen molar-refractivity contribution in [2.75, 3.05) is 17.2 Å².